The summed E-state index contributed by atoms with van der Waals surface area (Å²) in [6.07, 6.45) is -0.487. The van der Waals surface area contributed by atoms with E-state index in [-0.39, 0.29) is 24.6 Å². The van der Waals surface area contributed by atoms with Gasteiger partial charge in [-0.3, -0.25) is 0 Å². The van der Waals surface area contributed by atoms with E-state index in [2.05, 4.69) is 4.98 Å². The molecule has 17 heavy (non-hydrogen) atoms. The number of aliphatic hydroxyl groups excluding tert-OH is 2. The van der Waals surface area contributed by atoms with Gasteiger partial charge in [0, 0.05) is 0 Å². The summed E-state index contributed by atoms with van der Waals surface area (Å²) in [4.78, 5) is 15.6. The third-order valence-corrected chi connectivity index (χ3v) is 3.13. The fraction of sp³-hybridized carbons (Fsp3) is 0.600. The Hall–Kier alpha value is -1.02. The third kappa shape index (κ3) is 3.74. The van der Waals surface area contributed by atoms with E-state index >= 15 is 0 Å². The second-order valence-corrected chi connectivity index (χ2v) is 4.43. The van der Waals surface area contributed by atoms with Crippen LogP contribution < -0.4 is 5.73 Å². The molecule has 7 heteroatoms. The van der Waals surface area contributed by atoms with Crippen LogP contribution in [0.25, 0.3) is 0 Å². The first kappa shape index (κ1) is 14.0. The zero-order valence-electron chi connectivity index (χ0n) is 9.50. The van der Waals surface area contributed by atoms with E-state index in [9.17, 15) is 15.0 Å². The van der Waals surface area contributed by atoms with E-state index < -0.39 is 18.2 Å². The SMILES string of the molecule is CCOC(=O)c1cnc(C(O)C(O)CCN)s1. The molecule has 0 saturated heterocycles. The average molecular weight is 260 g/mol. The summed E-state index contributed by atoms with van der Waals surface area (Å²) in [7, 11) is 0. The van der Waals surface area contributed by atoms with Crippen LogP contribution in [0.5, 0.6) is 0 Å². The van der Waals surface area contributed by atoms with Gasteiger partial charge in [-0.2, -0.15) is 0 Å². The Morgan fingerprint density at radius 2 is 2.35 bits per heavy atom. The van der Waals surface area contributed by atoms with E-state index in [1.807, 2.05) is 0 Å². The molecule has 96 valence electrons. The Morgan fingerprint density at radius 1 is 1.65 bits per heavy atom. The van der Waals surface area contributed by atoms with Gasteiger partial charge in [-0.1, -0.05) is 0 Å². The molecule has 0 spiro atoms. The second kappa shape index (κ2) is 6.65. The van der Waals surface area contributed by atoms with Crippen LogP contribution >= 0.6 is 11.3 Å². The molecule has 0 bridgehead atoms. The minimum absolute atomic E-state index is 0.272. The number of hydrogen-bond acceptors (Lipinski definition) is 7. The highest BCUT2D eigenvalue weighted by atomic mass is 32.1. The van der Waals surface area contributed by atoms with Crippen molar-refractivity contribution in [1.29, 1.82) is 0 Å². The number of nitrogens with two attached hydrogens (primary N) is 1. The van der Waals surface area contributed by atoms with Crippen LogP contribution in [0.2, 0.25) is 0 Å². The average Bonchev–Trinajstić information content (AvgIpc) is 2.78. The zero-order valence-corrected chi connectivity index (χ0v) is 10.3. The number of nitrogens with zero attached hydrogens (tertiary/aromatic N) is 1. The lowest BCUT2D eigenvalue weighted by atomic mass is 10.1. The molecule has 0 radical (unpaired) electrons. The third-order valence-electron chi connectivity index (χ3n) is 2.08. The van der Waals surface area contributed by atoms with Crippen molar-refractivity contribution in [2.24, 2.45) is 5.73 Å². The predicted molar refractivity (Wildman–Crippen MR) is 62.7 cm³/mol. The number of carbonyl (C=O) groups is 1. The Kier molecular flexibility index (Phi) is 5.49. The van der Waals surface area contributed by atoms with E-state index in [0.29, 0.717) is 4.88 Å². The minimum Gasteiger partial charge on any atom is -0.462 e. The molecule has 6 nitrogen and oxygen atoms in total. The molecule has 4 N–H and O–H groups in total. The maximum Gasteiger partial charge on any atom is 0.349 e. The van der Waals surface area contributed by atoms with Crippen molar-refractivity contribution in [3.63, 3.8) is 0 Å². The number of rotatable bonds is 6. The van der Waals surface area contributed by atoms with Crippen LogP contribution in [0.4, 0.5) is 0 Å². The first-order chi connectivity index (χ1) is 8.10. The summed E-state index contributed by atoms with van der Waals surface area (Å²) in [6, 6.07) is 0. The molecule has 0 saturated carbocycles. The van der Waals surface area contributed by atoms with Crippen LogP contribution in [0.15, 0.2) is 6.20 Å². The van der Waals surface area contributed by atoms with Crippen molar-refractivity contribution in [2.75, 3.05) is 13.2 Å². The van der Waals surface area contributed by atoms with Gasteiger partial charge in [-0.15, -0.1) is 11.3 Å². The normalized spacial score (nSPS) is 14.4. The molecule has 0 aliphatic rings. The Balaban J connectivity index is 2.70. The number of esters is 1. The van der Waals surface area contributed by atoms with Gasteiger partial charge in [0.2, 0.25) is 0 Å². The first-order valence-electron chi connectivity index (χ1n) is 5.29. The summed E-state index contributed by atoms with van der Waals surface area (Å²) in [5, 5.41) is 19.6. The van der Waals surface area contributed by atoms with Crippen molar-refractivity contribution in [2.45, 2.75) is 25.6 Å². The van der Waals surface area contributed by atoms with E-state index in [1.54, 1.807) is 6.92 Å². The molecule has 1 heterocycles. The predicted octanol–water partition coefficient (Wildman–Crippen LogP) is 0.0629. The van der Waals surface area contributed by atoms with Gasteiger partial charge in [0.15, 0.2) is 0 Å². The van der Waals surface area contributed by atoms with Gasteiger partial charge < -0.3 is 20.7 Å². The molecule has 1 aromatic rings. The van der Waals surface area contributed by atoms with Gasteiger partial charge >= 0.3 is 5.97 Å². The van der Waals surface area contributed by atoms with Crippen LogP contribution in [-0.2, 0) is 4.74 Å². The van der Waals surface area contributed by atoms with Crippen molar-refractivity contribution in [3.8, 4) is 0 Å². The van der Waals surface area contributed by atoms with Crippen molar-refractivity contribution >= 4 is 17.3 Å². The van der Waals surface area contributed by atoms with Crippen molar-refractivity contribution in [3.05, 3.63) is 16.1 Å². The molecule has 0 aliphatic carbocycles. The lowest BCUT2D eigenvalue weighted by Gasteiger charge is -2.14. The molecular formula is C10H16N2O4S. The lowest BCUT2D eigenvalue weighted by Crippen LogP contribution is -2.21. The van der Waals surface area contributed by atoms with Gasteiger partial charge in [0.25, 0.3) is 0 Å². The summed E-state index contributed by atoms with van der Waals surface area (Å²) < 4.78 is 4.80. The number of carbonyl (C=O) groups excluding carboxylic acids is 1. The topological polar surface area (TPSA) is 106 Å². The molecule has 0 fully saturated rings. The van der Waals surface area contributed by atoms with Crippen LogP contribution in [-0.4, -0.2) is 40.4 Å². The number of aromatic nitrogens is 1. The summed E-state index contributed by atoms with van der Waals surface area (Å²) >= 11 is 1.01. The lowest BCUT2D eigenvalue weighted by molar-refractivity contribution is 0.0149. The Morgan fingerprint density at radius 3 is 2.94 bits per heavy atom. The maximum atomic E-state index is 11.4. The Bertz CT molecular complexity index is 369. The smallest absolute Gasteiger partial charge is 0.349 e. The summed E-state index contributed by atoms with van der Waals surface area (Å²) in [6.45, 7) is 2.26. The fourth-order valence-corrected chi connectivity index (χ4v) is 2.07. The quantitative estimate of drug-likeness (QED) is 0.625. The van der Waals surface area contributed by atoms with Gasteiger partial charge in [-0.25, -0.2) is 9.78 Å². The van der Waals surface area contributed by atoms with Gasteiger partial charge in [0.1, 0.15) is 16.0 Å². The molecule has 0 aromatic carbocycles. The highest BCUT2D eigenvalue weighted by Gasteiger charge is 2.22. The Labute approximate surface area is 103 Å². The summed E-state index contributed by atoms with van der Waals surface area (Å²) in [5.74, 6) is -0.475. The molecular weight excluding hydrogens is 244 g/mol. The van der Waals surface area contributed by atoms with Crippen LogP contribution in [0.3, 0.4) is 0 Å². The van der Waals surface area contributed by atoms with E-state index in [0.717, 1.165) is 11.3 Å². The number of hydrogen-bond donors (Lipinski definition) is 3. The van der Waals surface area contributed by atoms with Gasteiger partial charge in [0.05, 0.1) is 18.9 Å². The zero-order chi connectivity index (χ0) is 12.8. The molecule has 0 amide bonds. The highest BCUT2D eigenvalue weighted by molar-refractivity contribution is 7.13. The highest BCUT2D eigenvalue weighted by Crippen LogP contribution is 2.24. The van der Waals surface area contributed by atoms with E-state index in [4.69, 9.17) is 10.5 Å². The molecule has 2 unspecified atom stereocenters. The van der Waals surface area contributed by atoms with E-state index in [1.165, 1.54) is 6.20 Å². The standard InChI is InChI=1S/C10H16N2O4S/c1-2-16-10(15)7-5-12-9(17-7)8(14)6(13)3-4-11/h5-6,8,13-14H,2-4,11H2,1H3. The van der Waals surface area contributed by atoms with Crippen LogP contribution in [0, 0.1) is 0 Å². The van der Waals surface area contributed by atoms with Crippen molar-refractivity contribution in [1.82, 2.24) is 4.98 Å². The van der Waals surface area contributed by atoms with Crippen LogP contribution in [0.1, 0.15) is 34.1 Å². The largest absolute Gasteiger partial charge is 0.462 e. The van der Waals surface area contributed by atoms with Crippen molar-refractivity contribution < 1.29 is 19.7 Å². The number of aliphatic hydroxyl groups is 2. The number of thiazole rings is 1. The molecule has 0 aliphatic heterocycles. The summed E-state index contributed by atoms with van der Waals surface area (Å²) in [5.41, 5.74) is 5.28. The molecule has 2 atom stereocenters. The minimum atomic E-state index is -1.12. The number of ether oxygens (including phenoxy) is 1. The first-order valence-corrected chi connectivity index (χ1v) is 6.10. The maximum absolute atomic E-state index is 11.4. The monoisotopic (exact) mass is 260 g/mol. The fourth-order valence-electron chi connectivity index (χ4n) is 1.21. The molecule has 1 aromatic heterocycles. The molecule has 1 rings (SSSR count). The second-order valence-electron chi connectivity index (χ2n) is 3.37. The van der Waals surface area contributed by atoms with Gasteiger partial charge in [-0.05, 0) is 19.9 Å².